The van der Waals surface area contributed by atoms with Gasteiger partial charge in [-0.2, -0.15) is 0 Å². The van der Waals surface area contributed by atoms with Gasteiger partial charge in [0.1, 0.15) is 0 Å². The number of allylic oxidation sites excluding steroid dienone is 3. The van der Waals surface area contributed by atoms with Crippen molar-refractivity contribution in [3.63, 3.8) is 0 Å². The molecule has 0 amide bonds. The molecule has 0 rings (SSSR count). The number of rotatable bonds is 5. The predicted molar refractivity (Wildman–Crippen MR) is 44.9 cm³/mol. The smallest absolute Gasteiger partial charge is 0.0612 e. The summed E-state index contributed by atoms with van der Waals surface area (Å²) in [5.41, 5.74) is 0. The van der Waals surface area contributed by atoms with Crippen LogP contribution in [0.5, 0.6) is 0 Å². The number of aliphatic hydroxyl groups excluding tert-OH is 1. The van der Waals surface area contributed by atoms with E-state index >= 15 is 0 Å². The Kier molecular flexibility index (Phi) is 5.21. The van der Waals surface area contributed by atoms with Gasteiger partial charge in [-0.15, -0.1) is 0 Å². The summed E-state index contributed by atoms with van der Waals surface area (Å²) >= 11 is 0. The molecule has 0 radical (unpaired) electrons. The van der Waals surface area contributed by atoms with Crippen LogP contribution in [0.1, 0.15) is 28.9 Å². The first-order chi connectivity index (χ1) is 5.72. The molecule has 0 saturated carbocycles. The molecule has 1 N–H and O–H groups in total. The van der Waals surface area contributed by atoms with E-state index in [1.807, 2.05) is 13.0 Å². The normalized spacial score (nSPS) is 16.6. The molecule has 0 aliphatic rings. The molecule has 1 heteroatoms. The SMILES string of the molecule is [2H]/C(CC)=C(\[2H])CC/C=C/CO. The highest BCUT2D eigenvalue weighted by Crippen LogP contribution is 1.93. The van der Waals surface area contributed by atoms with Crippen molar-refractivity contribution < 1.29 is 7.85 Å². The van der Waals surface area contributed by atoms with Gasteiger partial charge in [-0.3, -0.25) is 0 Å². The third-order valence-corrected chi connectivity index (χ3v) is 1.01. The summed E-state index contributed by atoms with van der Waals surface area (Å²) in [6.45, 7) is 1.93. The van der Waals surface area contributed by atoms with E-state index in [4.69, 9.17) is 7.85 Å². The van der Waals surface area contributed by atoms with E-state index in [9.17, 15) is 0 Å². The molecular weight excluding hydrogens is 124 g/mol. The molecule has 0 spiro atoms. The fourth-order valence-corrected chi connectivity index (χ4v) is 0.561. The van der Waals surface area contributed by atoms with Gasteiger partial charge in [0.2, 0.25) is 0 Å². The van der Waals surface area contributed by atoms with Crippen molar-refractivity contribution in [3.8, 4) is 0 Å². The van der Waals surface area contributed by atoms with Gasteiger partial charge in [0, 0.05) is 0 Å². The van der Waals surface area contributed by atoms with Gasteiger partial charge < -0.3 is 5.11 Å². The fraction of sp³-hybridized carbons (Fsp3) is 0.556. The Morgan fingerprint density at radius 1 is 1.30 bits per heavy atom. The Hall–Kier alpha value is -0.560. The zero-order valence-electron chi connectivity index (χ0n) is 8.43. The van der Waals surface area contributed by atoms with Crippen molar-refractivity contribution in [1.82, 2.24) is 0 Å². The van der Waals surface area contributed by atoms with Crippen molar-refractivity contribution in [2.24, 2.45) is 0 Å². The van der Waals surface area contributed by atoms with Crippen molar-refractivity contribution in [2.45, 2.75) is 26.2 Å². The minimum atomic E-state index is 0.0541. The molecule has 10 heavy (non-hydrogen) atoms. The Morgan fingerprint density at radius 3 is 2.70 bits per heavy atom. The molecule has 0 aromatic carbocycles. The summed E-state index contributed by atoms with van der Waals surface area (Å²) < 4.78 is 14.7. The van der Waals surface area contributed by atoms with Gasteiger partial charge >= 0.3 is 0 Å². The first kappa shape index (κ1) is 6.17. The zero-order chi connectivity index (χ0) is 9.40. The maximum absolute atomic E-state index is 8.40. The molecule has 0 heterocycles. The second kappa shape index (κ2) is 8.44. The van der Waals surface area contributed by atoms with Crippen molar-refractivity contribution in [2.75, 3.05) is 6.61 Å². The van der Waals surface area contributed by atoms with Crippen LogP contribution < -0.4 is 0 Å². The van der Waals surface area contributed by atoms with Crippen molar-refractivity contribution in [3.05, 3.63) is 24.3 Å². The molecule has 0 aromatic rings. The third-order valence-electron chi connectivity index (χ3n) is 1.01. The van der Waals surface area contributed by atoms with Gasteiger partial charge in [0.25, 0.3) is 0 Å². The second-order valence-corrected chi connectivity index (χ2v) is 1.90. The molecule has 0 aliphatic heterocycles. The van der Waals surface area contributed by atoms with Crippen LogP contribution >= 0.6 is 0 Å². The van der Waals surface area contributed by atoms with Crippen molar-refractivity contribution in [1.29, 1.82) is 0 Å². The largest absolute Gasteiger partial charge is 0.392 e. The summed E-state index contributed by atoms with van der Waals surface area (Å²) in [6.07, 6.45) is 5.45. The number of hydrogen-bond acceptors (Lipinski definition) is 1. The molecular formula is C9H16O. The van der Waals surface area contributed by atoms with Gasteiger partial charge in [-0.1, -0.05) is 31.2 Å². The molecule has 0 atom stereocenters. The monoisotopic (exact) mass is 142 g/mol. The maximum atomic E-state index is 8.40. The summed E-state index contributed by atoms with van der Waals surface area (Å²) in [5.74, 6) is 0. The molecule has 1 nitrogen and oxygen atoms in total. The quantitative estimate of drug-likeness (QED) is 0.584. The Labute approximate surface area is 65.9 Å². The summed E-state index contributed by atoms with van der Waals surface area (Å²) in [7, 11) is 0. The van der Waals surface area contributed by atoms with Crippen LogP contribution in [-0.4, -0.2) is 11.7 Å². The molecule has 0 aromatic heterocycles. The lowest BCUT2D eigenvalue weighted by atomic mass is 10.2. The number of aliphatic hydroxyl groups is 1. The highest BCUT2D eigenvalue weighted by Gasteiger charge is 1.74. The van der Waals surface area contributed by atoms with E-state index in [1.54, 1.807) is 6.08 Å². The number of hydrogen-bond donors (Lipinski definition) is 1. The molecule has 0 unspecified atom stereocenters. The molecule has 0 saturated heterocycles. The van der Waals surface area contributed by atoms with Crippen LogP contribution in [0.2, 0.25) is 0 Å². The van der Waals surface area contributed by atoms with Crippen LogP contribution in [0.15, 0.2) is 24.3 Å². The fourth-order valence-electron chi connectivity index (χ4n) is 0.561. The average molecular weight is 142 g/mol. The summed E-state index contributed by atoms with van der Waals surface area (Å²) in [6, 6.07) is 0.812. The Morgan fingerprint density at radius 2 is 2.10 bits per heavy atom. The summed E-state index contributed by atoms with van der Waals surface area (Å²) in [5, 5.41) is 8.40. The molecule has 0 aliphatic carbocycles. The highest BCUT2D eigenvalue weighted by molar-refractivity contribution is 4.87. The predicted octanol–water partition coefficient (Wildman–Crippen LogP) is 2.28. The first-order valence-electron chi connectivity index (χ1n) is 4.63. The molecule has 0 fully saturated rings. The van der Waals surface area contributed by atoms with Gasteiger partial charge in [-0.25, -0.2) is 0 Å². The lowest BCUT2D eigenvalue weighted by molar-refractivity contribution is 0.342. The molecule has 58 valence electrons. The Balaban J connectivity index is 3.70. The topological polar surface area (TPSA) is 20.2 Å². The zero-order valence-corrected chi connectivity index (χ0v) is 6.43. The van der Waals surface area contributed by atoms with Crippen LogP contribution in [0.3, 0.4) is 0 Å². The molecule has 0 bridgehead atoms. The van der Waals surface area contributed by atoms with Gasteiger partial charge in [0.15, 0.2) is 0 Å². The third kappa shape index (κ3) is 7.44. The standard InChI is InChI=1S/C9H16O/c1-2-3-4-5-6-7-8-9-10/h3-4,7-8,10H,2,5-6,9H2,1H3/b4-3-,8-7+/i3D,4D. The van der Waals surface area contributed by atoms with E-state index in [0.717, 1.165) is 6.42 Å². The second-order valence-electron chi connectivity index (χ2n) is 1.90. The lowest BCUT2D eigenvalue weighted by Gasteiger charge is -1.84. The minimum Gasteiger partial charge on any atom is -0.392 e. The van der Waals surface area contributed by atoms with E-state index < -0.39 is 0 Å². The van der Waals surface area contributed by atoms with Gasteiger partial charge in [-0.05, 0) is 19.3 Å². The van der Waals surface area contributed by atoms with E-state index in [-0.39, 0.29) is 6.61 Å². The van der Waals surface area contributed by atoms with E-state index in [0.29, 0.717) is 24.9 Å². The average Bonchev–Trinajstić information content (AvgIpc) is 2.10. The van der Waals surface area contributed by atoms with Crippen molar-refractivity contribution >= 4 is 0 Å². The van der Waals surface area contributed by atoms with Gasteiger partial charge in [0.05, 0.1) is 9.35 Å². The van der Waals surface area contributed by atoms with Crippen LogP contribution in [-0.2, 0) is 0 Å². The Bertz CT molecular complexity index is 173. The van der Waals surface area contributed by atoms with E-state index in [2.05, 4.69) is 0 Å². The van der Waals surface area contributed by atoms with Crippen LogP contribution in [0.25, 0.3) is 0 Å². The minimum absolute atomic E-state index is 0.0541. The first-order valence-corrected chi connectivity index (χ1v) is 3.63. The van der Waals surface area contributed by atoms with Crippen LogP contribution in [0, 0.1) is 0 Å². The van der Waals surface area contributed by atoms with E-state index in [1.165, 1.54) is 0 Å². The lowest BCUT2D eigenvalue weighted by Crippen LogP contribution is -1.70. The highest BCUT2D eigenvalue weighted by atomic mass is 16.2. The van der Waals surface area contributed by atoms with Crippen LogP contribution in [0.4, 0.5) is 0 Å². The summed E-state index contributed by atoms with van der Waals surface area (Å²) in [4.78, 5) is 0. The maximum Gasteiger partial charge on any atom is 0.0612 e.